The van der Waals surface area contributed by atoms with Crippen molar-refractivity contribution >= 4 is 23.2 Å². The molecule has 118 valence electrons. The molecule has 2 aromatic rings. The Morgan fingerprint density at radius 3 is 2.50 bits per heavy atom. The van der Waals surface area contributed by atoms with Crippen LogP contribution in [0.5, 0.6) is 11.5 Å². The summed E-state index contributed by atoms with van der Waals surface area (Å²) in [7, 11) is 1.62. The molecule has 2 rings (SSSR count). The highest BCUT2D eigenvalue weighted by Gasteiger charge is 2.09. The largest absolute Gasteiger partial charge is 0.493 e. The molecule has 0 aliphatic rings. The zero-order valence-corrected chi connectivity index (χ0v) is 14.1. The van der Waals surface area contributed by atoms with Gasteiger partial charge in [-0.2, -0.15) is 0 Å². The fourth-order valence-corrected chi connectivity index (χ4v) is 2.59. The van der Waals surface area contributed by atoms with Crippen molar-refractivity contribution < 1.29 is 9.47 Å². The number of nitrogens with two attached hydrogens (primary N) is 1. The van der Waals surface area contributed by atoms with E-state index < -0.39 is 0 Å². The first-order valence-electron chi connectivity index (χ1n) is 6.99. The lowest BCUT2D eigenvalue weighted by Gasteiger charge is -2.14. The first kappa shape index (κ1) is 16.9. The highest BCUT2D eigenvalue weighted by molar-refractivity contribution is 6.35. The zero-order chi connectivity index (χ0) is 16.1. The van der Waals surface area contributed by atoms with E-state index in [2.05, 4.69) is 0 Å². The lowest BCUT2D eigenvalue weighted by atomic mass is 10.1. The molecule has 1 atom stereocenters. The van der Waals surface area contributed by atoms with Crippen molar-refractivity contribution in [3.63, 3.8) is 0 Å². The highest BCUT2D eigenvalue weighted by atomic mass is 35.5. The molecule has 3 nitrogen and oxygen atoms in total. The van der Waals surface area contributed by atoms with Crippen LogP contribution in [-0.4, -0.2) is 13.2 Å². The van der Waals surface area contributed by atoms with Gasteiger partial charge in [0, 0.05) is 21.7 Å². The molecule has 1 unspecified atom stereocenters. The van der Waals surface area contributed by atoms with Crippen LogP contribution >= 0.6 is 23.2 Å². The molecule has 2 N–H and O–H groups in total. The van der Waals surface area contributed by atoms with E-state index in [4.69, 9.17) is 38.4 Å². The lowest BCUT2D eigenvalue weighted by Crippen LogP contribution is -2.17. The van der Waals surface area contributed by atoms with E-state index >= 15 is 0 Å². The maximum atomic E-state index is 6.14. The average molecular weight is 340 g/mol. The molecule has 0 bridgehead atoms. The van der Waals surface area contributed by atoms with Crippen LogP contribution < -0.4 is 15.2 Å². The molecule has 0 saturated heterocycles. The van der Waals surface area contributed by atoms with Crippen molar-refractivity contribution in [3.05, 3.63) is 57.6 Å². The van der Waals surface area contributed by atoms with Crippen LogP contribution in [0.4, 0.5) is 0 Å². The summed E-state index contributed by atoms with van der Waals surface area (Å²) in [4.78, 5) is 0. The van der Waals surface area contributed by atoms with Crippen molar-refractivity contribution in [2.45, 2.75) is 26.0 Å². The molecule has 0 aliphatic carbocycles. The van der Waals surface area contributed by atoms with Crippen molar-refractivity contribution in [1.29, 1.82) is 0 Å². The van der Waals surface area contributed by atoms with Crippen LogP contribution in [0, 0.1) is 0 Å². The second-order valence-corrected chi connectivity index (χ2v) is 6.03. The standard InChI is InChI=1S/C17H19Cl2NO2/c1-11(20)7-12-3-6-16(17(8-12)21-2)22-10-13-4-5-14(18)9-15(13)19/h3-6,8-9,11H,7,10,20H2,1-2H3. The summed E-state index contributed by atoms with van der Waals surface area (Å²) in [6.07, 6.45) is 0.791. The topological polar surface area (TPSA) is 44.5 Å². The Morgan fingerprint density at radius 1 is 1.09 bits per heavy atom. The van der Waals surface area contributed by atoms with Crippen molar-refractivity contribution in [2.24, 2.45) is 5.73 Å². The molecule has 0 aromatic heterocycles. The number of hydrogen-bond acceptors (Lipinski definition) is 3. The minimum Gasteiger partial charge on any atom is -0.493 e. The van der Waals surface area contributed by atoms with Crippen LogP contribution in [-0.2, 0) is 13.0 Å². The maximum Gasteiger partial charge on any atom is 0.161 e. The van der Waals surface area contributed by atoms with Gasteiger partial charge in [-0.1, -0.05) is 35.3 Å². The minimum absolute atomic E-state index is 0.101. The molecule has 0 radical (unpaired) electrons. The van der Waals surface area contributed by atoms with E-state index in [1.807, 2.05) is 31.2 Å². The Hall–Kier alpha value is -1.42. The Labute approximate surface area is 140 Å². The van der Waals surface area contributed by atoms with Gasteiger partial charge in [-0.3, -0.25) is 0 Å². The summed E-state index contributed by atoms with van der Waals surface area (Å²) in [5.74, 6) is 1.35. The van der Waals surface area contributed by atoms with Gasteiger partial charge in [0.15, 0.2) is 11.5 Å². The van der Waals surface area contributed by atoms with Crippen LogP contribution in [0.15, 0.2) is 36.4 Å². The van der Waals surface area contributed by atoms with Gasteiger partial charge in [0.2, 0.25) is 0 Å². The van der Waals surface area contributed by atoms with E-state index in [9.17, 15) is 0 Å². The Balaban J connectivity index is 2.12. The summed E-state index contributed by atoms with van der Waals surface area (Å²) >= 11 is 12.0. The van der Waals surface area contributed by atoms with E-state index in [1.54, 1.807) is 19.2 Å². The quantitative estimate of drug-likeness (QED) is 0.844. The normalized spacial score (nSPS) is 12.0. The number of hydrogen-bond donors (Lipinski definition) is 1. The van der Waals surface area contributed by atoms with Crippen molar-refractivity contribution in [1.82, 2.24) is 0 Å². The summed E-state index contributed by atoms with van der Waals surface area (Å²) < 4.78 is 11.2. The van der Waals surface area contributed by atoms with Crippen LogP contribution in [0.2, 0.25) is 10.0 Å². The van der Waals surface area contributed by atoms with Gasteiger partial charge in [-0.25, -0.2) is 0 Å². The molecule has 5 heteroatoms. The van der Waals surface area contributed by atoms with Crippen molar-refractivity contribution in [3.8, 4) is 11.5 Å². The van der Waals surface area contributed by atoms with Gasteiger partial charge in [0.1, 0.15) is 6.61 Å². The fourth-order valence-electron chi connectivity index (χ4n) is 2.12. The van der Waals surface area contributed by atoms with E-state index in [-0.39, 0.29) is 6.04 Å². The third-order valence-corrected chi connectivity index (χ3v) is 3.77. The minimum atomic E-state index is 0.101. The summed E-state index contributed by atoms with van der Waals surface area (Å²) in [6, 6.07) is 11.3. The predicted molar refractivity (Wildman–Crippen MR) is 91.1 cm³/mol. The lowest BCUT2D eigenvalue weighted by molar-refractivity contribution is 0.284. The van der Waals surface area contributed by atoms with E-state index in [0.29, 0.717) is 28.2 Å². The first-order chi connectivity index (χ1) is 10.5. The second kappa shape index (κ2) is 7.73. The second-order valence-electron chi connectivity index (χ2n) is 5.19. The summed E-state index contributed by atoms with van der Waals surface area (Å²) in [5, 5.41) is 1.19. The van der Waals surface area contributed by atoms with Crippen LogP contribution in [0.3, 0.4) is 0 Å². The maximum absolute atomic E-state index is 6.14. The Bertz CT molecular complexity index is 645. The van der Waals surface area contributed by atoms with Gasteiger partial charge in [0.05, 0.1) is 7.11 Å². The smallest absolute Gasteiger partial charge is 0.161 e. The molecule has 22 heavy (non-hydrogen) atoms. The number of ether oxygens (including phenoxy) is 2. The van der Waals surface area contributed by atoms with E-state index in [0.717, 1.165) is 17.5 Å². The third kappa shape index (κ3) is 4.54. The number of halogens is 2. The fraction of sp³-hybridized carbons (Fsp3) is 0.294. The number of rotatable bonds is 6. The van der Waals surface area contributed by atoms with Gasteiger partial charge in [-0.15, -0.1) is 0 Å². The molecule has 0 amide bonds. The van der Waals surface area contributed by atoms with E-state index in [1.165, 1.54) is 0 Å². The zero-order valence-electron chi connectivity index (χ0n) is 12.6. The summed E-state index contributed by atoms with van der Waals surface area (Å²) in [5.41, 5.74) is 7.80. The Morgan fingerprint density at radius 2 is 1.86 bits per heavy atom. The van der Waals surface area contributed by atoms with Gasteiger partial charge >= 0.3 is 0 Å². The number of benzene rings is 2. The highest BCUT2D eigenvalue weighted by Crippen LogP contribution is 2.30. The molecule has 0 saturated carbocycles. The average Bonchev–Trinajstić information content (AvgIpc) is 2.46. The molecule has 0 heterocycles. The molecule has 2 aromatic carbocycles. The molecule has 0 aliphatic heterocycles. The third-order valence-electron chi connectivity index (χ3n) is 3.18. The van der Waals surface area contributed by atoms with Crippen LogP contribution in [0.1, 0.15) is 18.1 Å². The molecule has 0 fully saturated rings. The molecule has 0 spiro atoms. The van der Waals surface area contributed by atoms with Gasteiger partial charge in [-0.05, 0) is 43.2 Å². The Kier molecular flexibility index (Phi) is 5.95. The molecular formula is C17H19Cl2NO2. The van der Waals surface area contributed by atoms with Crippen molar-refractivity contribution in [2.75, 3.05) is 7.11 Å². The molecular weight excluding hydrogens is 321 g/mol. The van der Waals surface area contributed by atoms with Gasteiger partial charge < -0.3 is 15.2 Å². The SMILES string of the molecule is COc1cc(CC(C)N)ccc1OCc1ccc(Cl)cc1Cl. The monoisotopic (exact) mass is 339 g/mol. The van der Waals surface area contributed by atoms with Crippen LogP contribution in [0.25, 0.3) is 0 Å². The first-order valence-corrected chi connectivity index (χ1v) is 7.74. The van der Waals surface area contributed by atoms with Gasteiger partial charge in [0.25, 0.3) is 0 Å². The summed E-state index contributed by atoms with van der Waals surface area (Å²) in [6.45, 7) is 2.32. The predicted octanol–water partition coefficient (Wildman–Crippen LogP) is 4.47. The number of methoxy groups -OCH3 is 1.